The number of fused-ring (bicyclic) bond motifs is 1. The zero-order valence-corrected chi connectivity index (χ0v) is 13.7. The van der Waals surface area contributed by atoms with Gasteiger partial charge in [0.15, 0.2) is 0 Å². The molecule has 0 unspecified atom stereocenters. The normalized spacial score (nSPS) is 14.1. The van der Waals surface area contributed by atoms with E-state index in [-0.39, 0.29) is 10.8 Å². The summed E-state index contributed by atoms with van der Waals surface area (Å²) in [5.74, 6) is 0.244. The van der Waals surface area contributed by atoms with E-state index in [9.17, 15) is 13.2 Å². The van der Waals surface area contributed by atoms with Gasteiger partial charge in [-0.15, -0.1) is 0 Å². The first-order chi connectivity index (χ1) is 10.8. The topological polar surface area (TPSA) is 72.5 Å². The minimum atomic E-state index is -3.91. The monoisotopic (exact) mass is 331 g/mol. The Balaban J connectivity index is 1.92. The van der Waals surface area contributed by atoms with Crippen molar-refractivity contribution in [2.75, 3.05) is 5.32 Å². The number of rotatable bonds is 3. The molecule has 0 fully saturated rings. The van der Waals surface area contributed by atoms with Crippen molar-refractivity contribution in [1.82, 2.24) is 0 Å². The van der Waals surface area contributed by atoms with Gasteiger partial charge in [0.1, 0.15) is 10.6 Å². The molecule has 5 nitrogen and oxygen atoms in total. The Hall–Kier alpha value is -2.34. The molecule has 2 aromatic rings. The fourth-order valence-electron chi connectivity index (χ4n) is 2.67. The standard InChI is InChI=1S/C17H17NO4S/c1-11-7-12(2)9-14(8-11)22-23(20,21)15-4-5-16-13(10-15)3-6-17(19)18-16/h4-5,7-10H,3,6H2,1-2H3,(H,18,19). The average Bonchev–Trinajstić information content (AvgIpc) is 2.44. The van der Waals surface area contributed by atoms with E-state index in [1.165, 1.54) is 6.07 Å². The Morgan fingerprint density at radius 2 is 1.70 bits per heavy atom. The summed E-state index contributed by atoms with van der Waals surface area (Å²) in [5, 5.41) is 2.73. The van der Waals surface area contributed by atoms with Gasteiger partial charge in [0, 0.05) is 12.1 Å². The lowest BCUT2D eigenvalue weighted by Crippen LogP contribution is -2.19. The van der Waals surface area contributed by atoms with Crippen LogP contribution in [0.25, 0.3) is 0 Å². The Morgan fingerprint density at radius 1 is 1.00 bits per heavy atom. The van der Waals surface area contributed by atoms with Crippen molar-refractivity contribution >= 4 is 21.7 Å². The van der Waals surface area contributed by atoms with E-state index in [1.54, 1.807) is 24.3 Å². The van der Waals surface area contributed by atoms with Crippen LogP contribution in [0.5, 0.6) is 5.75 Å². The van der Waals surface area contributed by atoms with E-state index in [4.69, 9.17) is 4.18 Å². The fourth-order valence-corrected chi connectivity index (χ4v) is 3.64. The summed E-state index contributed by atoms with van der Waals surface area (Å²) in [6.07, 6.45) is 0.877. The molecule has 2 aromatic carbocycles. The lowest BCUT2D eigenvalue weighted by Gasteiger charge is -2.17. The van der Waals surface area contributed by atoms with Gasteiger partial charge in [-0.1, -0.05) is 6.07 Å². The van der Waals surface area contributed by atoms with E-state index in [0.717, 1.165) is 16.7 Å². The quantitative estimate of drug-likeness (QED) is 0.878. The Morgan fingerprint density at radius 3 is 2.39 bits per heavy atom. The molecule has 23 heavy (non-hydrogen) atoms. The molecule has 0 spiro atoms. The van der Waals surface area contributed by atoms with Crippen molar-refractivity contribution in [2.45, 2.75) is 31.6 Å². The maximum absolute atomic E-state index is 12.5. The second kappa shape index (κ2) is 5.70. The Kier molecular flexibility index (Phi) is 3.85. The van der Waals surface area contributed by atoms with Crippen LogP contribution < -0.4 is 9.50 Å². The molecule has 0 bridgehead atoms. The third-order valence-corrected chi connectivity index (χ3v) is 4.91. The maximum atomic E-state index is 12.5. The predicted octanol–water partition coefficient (Wildman–Crippen LogP) is 2.96. The van der Waals surface area contributed by atoms with Gasteiger partial charge in [0.05, 0.1) is 0 Å². The maximum Gasteiger partial charge on any atom is 0.339 e. The number of carbonyl (C=O) groups excluding carboxylic acids is 1. The number of nitrogens with one attached hydrogen (secondary N) is 1. The average molecular weight is 331 g/mol. The molecule has 1 heterocycles. The van der Waals surface area contributed by atoms with Gasteiger partial charge in [-0.3, -0.25) is 4.79 Å². The Labute approximate surface area is 135 Å². The minimum Gasteiger partial charge on any atom is -0.379 e. The lowest BCUT2D eigenvalue weighted by molar-refractivity contribution is -0.116. The van der Waals surface area contributed by atoms with E-state index in [1.807, 2.05) is 19.9 Å². The summed E-state index contributed by atoms with van der Waals surface area (Å²) in [4.78, 5) is 11.4. The molecule has 0 aromatic heterocycles. The Bertz CT molecular complexity index is 867. The largest absolute Gasteiger partial charge is 0.379 e. The van der Waals surface area contributed by atoms with Crippen molar-refractivity contribution < 1.29 is 17.4 Å². The SMILES string of the molecule is Cc1cc(C)cc(OS(=O)(=O)c2ccc3c(c2)CCC(=O)N3)c1. The number of anilines is 1. The second-order valence-corrected chi connectivity index (χ2v) is 7.27. The second-order valence-electron chi connectivity index (χ2n) is 5.73. The van der Waals surface area contributed by atoms with Crippen molar-refractivity contribution in [3.05, 3.63) is 53.1 Å². The van der Waals surface area contributed by atoms with Gasteiger partial charge >= 0.3 is 10.1 Å². The zero-order chi connectivity index (χ0) is 16.6. The van der Waals surface area contributed by atoms with Crippen molar-refractivity contribution in [2.24, 2.45) is 0 Å². The highest BCUT2D eigenvalue weighted by Crippen LogP contribution is 2.27. The molecule has 6 heteroatoms. The highest BCUT2D eigenvalue weighted by Gasteiger charge is 2.21. The summed E-state index contributed by atoms with van der Waals surface area (Å²) in [6.45, 7) is 3.77. The van der Waals surface area contributed by atoms with Crippen molar-refractivity contribution in [3.8, 4) is 5.75 Å². The number of benzene rings is 2. The van der Waals surface area contributed by atoms with Crippen LogP contribution in [-0.2, 0) is 21.3 Å². The van der Waals surface area contributed by atoms with Crippen LogP contribution in [0, 0.1) is 13.8 Å². The zero-order valence-electron chi connectivity index (χ0n) is 12.9. The summed E-state index contributed by atoms with van der Waals surface area (Å²) in [6, 6.07) is 9.92. The van der Waals surface area contributed by atoms with E-state index >= 15 is 0 Å². The van der Waals surface area contributed by atoms with E-state index < -0.39 is 10.1 Å². The van der Waals surface area contributed by atoms with Gasteiger partial charge in [0.2, 0.25) is 5.91 Å². The van der Waals surface area contributed by atoms with Crippen LogP contribution in [0.1, 0.15) is 23.1 Å². The van der Waals surface area contributed by atoms with Crippen LogP contribution >= 0.6 is 0 Å². The molecule has 1 aliphatic rings. The number of aryl methyl sites for hydroxylation is 3. The molecule has 1 aliphatic heterocycles. The number of hydrogen-bond donors (Lipinski definition) is 1. The highest BCUT2D eigenvalue weighted by molar-refractivity contribution is 7.87. The summed E-state index contributed by atoms with van der Waals surface area (Å²) in [7, 11) is -3.91. The molecule has 1 N–H and O–H groups in total. The van der Waals surface area contributed by atoms with Gasteiger partial charge in [0.25, 0.3) is 0 Å². The molecule has 120 valence electrons. The smallest absolute Gasteiger partial charge is 0.339 e. The predicted molar refractivity (Wildman–Crippen MR) is 87.1 cm³/mol. The fraction of sp³-hybridized carbons (Fsp3) is 0.235. The van der Waals surface area contributed by atoms with Crippen LogP contribution in [0.3, 0.4) is 0 Å². The molecule has 3 rings (SSSR count). The van der Waals surface area contributed by atoms with Crippen LogP contribution in [0.15, 0.2) is 41.3 Å². The van der Waals surface area contributed by atoms with Crippen LogP contribution in [0.4, 0.5) is 5.69 Å². The van der Waals surface area contributed by atoms with Crippen molar-refractivity contribution in [3.63, 3.8) is 0 Å². The molecule has 0 radical (unpaired) electrons. The van der Waals surface area contributed by atoms with Gasteiger partial charge in [-0.25, -0.2) is 0 Å². The number of carbonyl (C=O) groups is 1. The molecule has 1 amide bonds. The minimum absolute atomic E-state index is 0.0559. The molecular weight excluding hydrogens is 314 g/mol. The first-order valence-electron chi connectivity index (χ1n) is 7.29. The van der Waals surface area contributed by atoms with Crippen molar-refractivity contribution in [1.29, 1.82) is 0 Å². The lowest BCUT2D eigenvalue weighted by atomic mass is 10.0. The molecular formula is C17H17NO4S. The van der Waals surface area contributed by atoms with Gasteiger partial charge in [-0.2, -0.15) is 8.42 Å². The van der Waals surface area contributed by atoms with Gasteiger partial charge in [-0.05, 0) is 67.3 Å². The first kappa shape index (κ1) is 15.6. The molecule has 0 atom stereocenters. The van der Waals surface area contributed by atoms with Gasteiger partial charge < -0.3 is 9.50 Å². The highest BCUT2D eigenvalue weighted by atomic mass is 32.2. The van der Waals surface area contributed by atoms with Crippen LogP contribution in [-0.4, -0.2) is 14.3 Å². The van der Waals surface area contributed by atoms with Crippen LogP contribution in [0.2, 0.25) is 0 Å². The summed E-state index contributed by atoms with van der Waals surface area (Å²) >= 11 is 0. The molecule has 0 aliphatic carbocycles. The molecule has 0 saturated heterocycles. The van der Waals surface area contributed by atoms with E-state index in [0.29, 0.717) is 24.3 Å². The van der Waals surface area contributed by atoms with E-state index in [2.05, 4.69) is 5.32 Å². The number of amides is 1. The first-order valence-corrected chi connectivity index (χ1v) is 8.70. The number of hydrogen-bond acceptors (Lipinski definition) is 4. The third-order valence-electron chi connectivity index (χ3n) is 3.66. The molecule has 0 saturated carbocycles. The third kappa shape index (κ3) is 3.37. The summed E-state index contributed by atoms with van der Waals surface area (Å²) in [5.41, 5.74) is 3.33. The summed E-state index contributed by atoms with van der Waals surface area (Å²) < 4.78 is 30.2.